The first-order chi connectivity index (χ1) is 14.8. The van der Waals surface area contributed by atoms with Crippen LogP contribution in [0.15, 0.2) is 47.4 Å². The van der Waals surface area contributed by atoms with Crippen LogP contribution in [0, 0.1) is 11.7 Å². The summed E-state index contributed by atoms with van der Waals surface area (Å²) < 4.78 is 51.0. The molecule has 1 heterocycles. The van der Waals surface area contributed by atoms with E-state index in [0.717, 1.165) is 17.7 Å². The number of hydrogen-bond donors (Lipinski definition) is 1. The third-order valence-corrected chi connectivity index (χ3v) is 7.08. The molecule has 9 heteroatoms. The number of piperidine rings is 1. The second-order valence-electron chi connectivity index (χ2n) is 7.29. The number of benzene rings is 2. The fourth-order valence-corrected chi connectivity index (χ4v) is 5.09. The summed E-state index contributed by atoms with van der Waals surface area (Å²) >= 11 is 0. The van der Waals surface area contributed by atoms with Gasteiger partial charge in [-0.1, -0.05) is 6.07 Å². The molecule has 0 spiro atoms. The summed E-state index contributed by atoms with van der Waals surface area (Å²) in [6.45, 7) is 3.09. The summed E-state index contributed by atoms with van der Waals surface area (Å²) in [7, 11) is -2.21. The second-order valence-corrected chi connectivity index (χ2v) is 9.23. The van der Waals surface area contributed by atoms with Gasteiger partial charge in [0, 0.05) is 19.6 Å². The van der Waals surface area contributed by atoms with E-state index in [4.69, 9.17) is 9.47 Å². The van der Waals surface area contributed by atoms with Crippen LogP contribution in [0.3, 0.4) is 0 Å². The van der Waals surface area contributed by atoms with E-state index < -0.39 is 21.8 Å². The fraction of sp³-hybridized carbons (Fsp3) is 0.409. The average molecular weight is 451 g/mol. The second kappa shape index (κ2) is 10.1. The normalized spacial score (nSPS) is 17.2. The van der Waals surface area contributed by atoms with E-state index in [2.05, 4.69) is 5.32 Å². The molecule has 1 N–H and O–H groups in total. The van der Waals surface area contributed by atoms with Gasteiger partial charge in [-0.05, 0) is 61.7 Å². The third-order valence-electron chi connectivity index (χ3n) is 5.20. The van der Waals surface area contributed by atoms with Gasteiger partial charge >= 0.3 is 0 Å². The van der Waals surface area contributed by atoms with Crippen LogP contribution >= 0.6 is 0 Å². The summed E-state index contributed by atoms with van der Waals surface area (Å²) in [5.74, 6) is 0.0686. The van der Waals surface area contributed by atoms with Crippen molar-refractivity contribution in [3.05, 3.63) is 53.8 Å². The zero-order valence-corrected chi connectivity index (χ0v) is 18.5. The molecule has 0 saturated carbocycles. The van der Waals surface area contributed by atoms with Crippen LogP contribution in [-0.4, -0.2) is 45.4 Å². The molecular weight excluding hydrogens is 423 g/mol. The molecular formula is C22H27FN2O5S. The maximum atomic E-state index is 13.1. The Morgan fingerprint density at radius 2 is 1.94 bits per heavy atom. The smallest absolute Gasteiger partial charge is 0.243 e. The Morgan fingerprint density at radius 1 is 1.19 bits per heavy atom. The summed E-state index contributed by atoms with van der Waals surface area (Å²) in [5, 5.41) is 2.89. The van der Waals surface area contributed by atoms with Crippen molar-refractivity contribution in [2.24, 2.45) is 5.92 Å². The van der Waals surface area contributed by atoms with Crippen molar-refractivity contribution < 1.29 is 27.1 Å². The van der Waals surface area contributed by atoms with Gasteiger partial charge in [0.15, 0.2) is 11.5 Å². The molecule has 0 unspecified atom stereocenters. The number of methoxy groups -OCH3 is 1. The maximum absolute atomic E-state index is 13.1. The Balaban J connectivity index is 1.63. The molecule has 0 bridgehead atoms. The first kappa shape index (κ1) is 23.0. The van der Waals surface area contributed by atoms with Crippen molar-refractivity contribution in [3.8, 4) is 11.5 Å². The molecule has 0 radical (unpaired) electrons. The lowest BCUT2D eigenvalue weighted by atomic mass is 9.98. The number of rotatable bonds is 8. The highest BCUT2D eigenvalue weighted by Gasteiger charge is 2.33. The molecule has 1 aliphatic heterocycles. The van der Waals surface area contributed by atoms with Crippen molar-refractivity contribution in [2.75, 3.05) is 26.8 Å². The first-order valence-corrected chi connectivity index (χ1v) is 11.6. The topological polar surface area (TPSA) is 84.9 Å². The zero-order chi connectivity index (χ0) is 22.4. The monoisotopic (exact) mass is 450 g/mol. The number of nitrogens with one attached hydrogen (secondary N) is 1. The van der Waals surface area contributed by atoms with Gasteiger partial charge in [-0.3, -0.25) is 4.79 Å². The number of ether oxygens (including phenoxy) is 2. The van der Waals surface area contributed by atoms with Crippen LogP contribution in [0.2, 0.25) is 0 Å². The lowest BCUT2D eigenvalue weighted by molar-refractivity contribution is -0.126. The molecule has 2 aromatic carbocycles. The van der Waals surface area contributed by atoms with Gasteiger partial charge < -0.3 is 14.8 Å². The summed E-state index contributed by atoms with van der Waals surface area (Å²) in [5.41, 5.74) is 0.851. The van der Waals surface area contributed by atoms with Gasteiger partial charge in [-0.2, -0.15) is 4.31 Å². The minimum absolute atomic E-state index is 0.0247. The average Bonchev–Trinajstić information content (AvgIpc) is 2.78. The van der Waals surface area contributed by atoms with Gasteiger partial charge in [-0.15, -0.1) is 0 Å². The summed E-state index contributed by atoms with van der Waals surface area (Å²) in [6, 6.07) is 10.2. The molecule has 1 aliphatic rings. The molecule has 1 atom stereocenters. The zero-order valence-electron chi connectivity index (χ0n) is 17.6. The van der Waals surface area contributed by atoms with Crippen LogP contribution < -0.4 is 14.8 Å². The highest BCUT2D eigenvalue weighted by Crippen LogP contribution is 2.28. The van der Waals surface area contributed by atoms with Gasteiger partial charge in [0.25, 0.3) is 0 Å². The number of amides is 1. The van der Waals surface area contributed by atoms with Gasteiger partial charge in [0.2, 0.25) is 15.9 Å². The Labute approximate surface area is 182 Å². The largest absolute Gasteiger partial charge is 0.493 e. The molecule has 31 heavy (non-hydrogen) atoms. The maximum Gasteiger partial charge on any atom is 0.243 e. The minimum atomic E-state index is -3.78. The van der Waals surface area contributed by atoms with E-state index in [1.807, 2.05) is 19.1 Å². The number of nitrogens with zero attached hydrogens (tertiary/aromatic N) is 1. The van der Waals surface area contributed by atoms with Crippen molar-refractivity contribution in [1.82, 2.24) is 9.62 Å². The molecule has 1 fully saturated rings. The molecule has 2 aromatic rings. The highest BCUT2D eigenvalue weighted by molar-refractivity contribution is 7.89. The molecule has 168 valence electrons. The van der Waals surface area contributed by atoms with E-state index in [-0.39, 0.29) is 17.3 Å². The van der Waals surface area contributed by atoms with Gasteiger partial charge in [0.05, 0.1) is 24.5 Å². The van der Waals surface area contributed by atoms with E-state index >= 15 is 0 Å². The minimum Gasteiger partial charge on any atom is -0.493 e. The Kier molecular flexibility index (Phi) is 7.50. The number of halogens is 1. The van der Waals surface area contributed by atoms with E-state index in [9.17, 15) is 17.6 Å². The highest BCUT2D eigenvalue weighted by atomic mass is 32.2. The van der Waals surface area contributed by atoms with Crippen LogP contribution in [0.4, 0.5) is 4.39 Å². The standard InChI is InChI=1S/C22H27FN2O5S/c1-3-30-21-13-16(6-11-20(21)29-2)14-24-22(26)17-5-4-12-25(15-17)31(27,28)19-9-7-18(23)8-10-19/h6-11,13,17H,3-5,12,14-15H2,1-2H3,(H,24,26)/t17-/m1/s1. The third kappa shape index (κ3) is 5.54. The van der Waals surface area contributed by atoms with Crippen molar-refractivity contribution in [2.45, 2.75) is 31.2 Å². The Morgan fingerprint density at radius 3 is 2.61 bits per heavy atom. The van der Waals surface area contributed by atoms with Crippen molar-refractivity contribution >= 4 is 15.9 Å². The first-order valence-electron chi connectivity index (χ1n) is 10.2. The van der Waals surface area contributed by atoms with E-state index in [1.54, 1.807) is 13.2 Å². The van der Waals surface area contributed by atoms with Crippen molar-refractivity contribution in [1.29, 1.82) is 0 Å². The SMILES string of the molecule is CCOc1cc(CNC(=O)[C@@H]2CCCN(S(=O)(=O)c3ccc(F)cc3)C2)ccc1OC. The number of carbonyl (C=O) groups is 1. The predicted octanol–water partition coefficient (Wildman–Crippen LogP) is 2.95. The molecule has 1 saturated heterocycles. The summed E-state index contributed by atoms with van der Waals surface area (Å²) in [6.07, 6.45) is 1.18. The Bertz CT molecular complexity index is 1010. The molecule has 7 nitrogen and oxygen atoms in total. The number of sulfonamides is 1. The molecule has 1 amide bonds. The van der Waals surface area contributed by atoms with Gasteiger partial charge in [-0.25, -0.2) is 12.8 Å². The molecule has 0 aromatic heterocycles. The van der Waals surface area contributed by atoms with E-state index in [1.165, 1.54) is 16.4 Å². The molecule has 0 aliphatic carbocycles. The predicted molar refractivity (Wildman–Crippen MR) is 114 cm³/mol. The fourth-order valence-electron chi connectivity index (χ4n) is 3.56. The quantitative estimate of drug-likeness (QED) is 0.669. The lowest BCUT2D eigenvalue weighted by Crippen LogP contribution is -2.45. The van der Waals surface area contributed by atoms with E-state index in [0.29, 0.717) is 44.0 Å². The van der Waals surface area contributed by atoms with Crippen LogP contribution in [0.25, 0.3) is 0 Å². The molecule has 3 rings (SSSR count). The van der Waals surface area contributed by atoms with Crippen LogP contribution in [-0.2, 0) is 21.4 Å². The van der Waals surface area contributed by atoms with Crippen molar-refractivity contribution in [3.63, 3.8) is 0 Å². The number of hydrogen-bond acceptors (Lipinski definition) is 5. The lowest BCUT2D eigenvalue weighted by Gasteiger charge is -2.31. The van der Waals surface area contributed by atoms with Crippen LogP contribution in [0.5, 0.6) is 11.5 Å². The van der Waals surface area contributed by atoms with Crippen LogP contribution in [0.1, 0.15) is 25.3 Å². The Hall–Kier alpha value is -2.65. The number of carbonyl (C=O) groups excluding carboxylic acids is 1. The summed E-state index contributed by atoms with van der Waals surface area (Å²) in [4.78, 5) is 12.7. The van der Waals surface area contributed by atoms with Gasteiger partial charge in [0.1, 0.15) is 5.82 Å².